The maximum atomic E-state index is 6.42. The molecule has 0 amide bonds. The van der Waals surface area contributed by atoms with E-state index in [1.807, 2.05) is 54.6 Å². The summed E-state index contributed by atoms with van der Waals surface area (Å²) in [6.45, 7) is 0. The molecule has 7 heteroatoms. The second-order valence-corrected chi connectivity index (χ2v) is 13.1. The average Bonchev–Trinajstić information content (AvgIpc) is 3.93. The van der Waals surface area contributed by atoms with Gasteiger partial charge in [-0.15, -0.1) is 0 Å². The molecule has 11 aromatic rings. The highest BCUT2D eigenvalue weighted by molar-refractivity contribution is 6.13. The molecular weight excluding hydrogens is 655 g/mol. The molecular formula is C46H27N5O2. The van der Waals surface area contributed by atoms with Crippen molar-refractivity contribution in [2.75, 3.05) is 0 Å². The van der Waals surface area contributed by atoms with E-state index in [9.17, 15) is 0 Å². The third-order valence-corrected chi connectivity index (χ3v) is 9.93. The first-order chi connectivity index (χ1) is 26.2. The number of furan rings is 1. The monoisotopic (exact) mass is 681 g/mol. The van der Waals surface area contributed by atoms with Crippen LogP contribution in [0.1, 0.15) is 0 Å². The van der Waals surface area contributed by atoms with Gasteiger partial charge in [0.05, 0.1) is 11.0 Å². The van der Waals surface area contributed by atoms with Crippen molar-refractivity contribution in [3.05, 3.63) is 164 Å². The van der Waals surface area contributed by atoms with Gasteiger partial charge in [-0.05, 0) is 59.7 Å². The smallest absolute Gasteiger partial charge is 0.238 e. The van der Waals surface area contributed by atoms with Crippen LogP contribution in [0.25, 0.3) is 106 Å². The third-order valence-electron chi connectivity index (χ3n) is 9.93. The molecule has 11 rings (SSSR count). The maximum Gasteiger partial charge on any atom is 0.238 e. The normalized spacial score (nSPS) is 11.8. The van der Waals surface area contributed by atoms with Gasteiger partial charge in [0.1, 0.15) is 16.7 Å². The zero-order valence-electron chi connectivity index (χ0n) is 28.1. The van der Waals surface area contributed by atoms with Gasteiger partial charge in [-0.1, -0.05) is 115 Å². The zero-order valence-corrected chi connectivity index (χ0v) is 28.1. The number of nitrogens with zero attached hydrogens (tertiary/aromatic N) is 5. The van der Waals surface area contributed by atoms with Gasteiger partial charge < -0.3 is 8.83 Å². The van der Waals surface area contributed by atoms with Crippen LogP contribution in [-0.4, -0.2) is 24.5 Å². The molecule has 0 aliphatic carbocycles. The summed E-state index contributed by atoms with van der Waals surface area (Å²) in [6, 6.07) is 55.4. The number of aromatic nitrogens is 5. The van der Waals surface area contributed by atoms with Gasteiger partial charge in [0, 0.05) is 38.2 Å². The molecule has 0 atom stereocenters. The molecule has 0 aliphatic heterocycles. The van der Waals surface area contributed by atoms with E-state index in [-0.39, 0.29) is 0 Å². The molecule has 4 heterocycles. The Morgan fingerprint density at radius 2 is 1.04 bits per heavy atom. The van der Waals surface area contributed by atoms with E-state index >= 15 is 0 Å². The van der Waals surface area contributed by atoms with Crippen LogP contribution in [0.5, 0.6) is 0 Å². The second kappa shape index (κ2) is 11.6. The van der Waals surface area contributed by atoms with Crippen molar-refractivity contribution in [2.45, 2.75) is 0 Å². The largest absolute Gasteiger partial charge is 0.456 e. The van der Waals surface area contributed by atoms with Crippen LogP contribution >= 0.6 is 0 Å². The lowest BCUT2D eigenvalue weighted by molar-refractivity contribution is 0.620. The summed E-state index contributed by atoms with van der Waals surface area (Å²) in [5.74, 6) is 2.20. The number of rotatable bonds is 5. The van der Waals surface area contributed by atoms with Crippen LogP contribution in [0.3, 0.4) is 0 Å². The van der Waals surface area contributed by atoms with Crippen LogP contribution in [0, 0.1) is 0 Å². The summed E-state index contributed by atoms with van der Waals surface area (Å²) in [5, 5.41) is 4.09. The van der Waals surface area contributed by atoms with Gasteiger partial charge >= 0.3 is 0 Å². The molecule has 0 unspecified atom stereocenters. The summed E-state index contributed by atoms with van der Waals surface area (Å²) in [6.07, 6.45) is 0. The molecule has 0 saturated heterocycles. The fraction of sp³-hybridized carbons (Fsp3) is 0. The Balaban J connectivity index is 1.15. The molecule has 4 aromatic heterocycles. The van der Waals surface area contributed by atoms with E-state index < -0.39 is 0 Å². The Morgan fingerprint density at radius 1 is 0.396 bits per heavy atom. The van der Waals surface area contributed by atoms with Crippen LogP contribution < -0.4 is 0 Å². The topological polar surface area (TPSA) is 82.8 Å². The summed E-state index contributed by atoms with van der Waals surface area (Å²) >= 11 is 0. The Labute approximate surface area is 302 Å². The van der Waals surface area contributed by atoms with Gasteiger partial charge in [-0.2, -0.15) is 9.97 Å². The average molecular weight is 682 g/mol. The molecule has 7 aromatic carbocycles. The number of para-hydroxylation sites is 4. The van der Waals surface area contributed by atoms with Gasteiger partial charge in [0.2, 0.25) is 11.8 Å². The van der Waals surface area contributed by atoms with Crippen molar-refractivity contribution in [3.63, 3.8) is 0 Å². The minimum Gasteiger partial charge on any atom is -0.456 e. The van der Waals surface area contributed by atoms with E-state index in [2.05, 4.69) is 114 Å². The Bertz CT molecular complexity index is 3090. The minimum absolute atomic E-state index is 0.534. The molecule has 0 saturated carbocycles. The standard InChI is InChI=1S/C46H27N5O2/c1-2-11-28(12-3-1)29-21-23-30(24-22-29)43-48-44(50-46(49-43)51-37-17-7-4-13-32(37)33-14-5-8-18-38(33)51)34-15-10-20-41-42(34)35-27-31(25-26-39(35)52-41)45-47-36-16-6-9-19-40(36)53-45/h1-27H. The van der Waals surface area contributed by atoms with E-state index in [1.165, 1.54) is 0 Å². The fourth-order valence-corrected chi connectivity index (χ4v) is 7.44. The second-order valence-electron chi connectivity index (χ2n) is 13.1. The Hall–Kier alpha value is -7.38. The molecule has 53 heavy (non-hydrogen) atoms. The molecule has 0 aliphatic rings. The summed E-state index contributed by atoms with van der Waals surface area (Å²) in [4.78, 5) is 20.4. The van der Waals surface area contributed by atoms with E-state index in [4.69, 9.17) is 28.8 Å². The molecule has 7 nitrogen and oxygen atoms in total. The van der Waals surface area contributed by atoms with Crippen LogP contribution in [0.2, 0.25) is 0 Å². The number of fused-ring (bicyclic) bond motifs is 7. The van der Waals surface area contributed by atoms with Crippen LogP contribution in [0.4, 0.5) is 0 Å². The molecule has 0 radical (unpaired) electrons. The number of oxazole rings is 1. The maximum absolute atomic E-state index is 6.42. The van der Waals surface area contributed by atoms with Crippen molar-refractivity contribution >= 4 is 54.8 Å². The lowest BCUT2D eigenvalue weighted by atomic mass is 10.0. The van der Waals surface area contributed by atoms with Gasteiger partial charge in [0.25, 0.3) is 0 Å². The highest BCUT2D eigenvalue weighted by Crippen LogP contribution is 2.39. The first-order valence-corrected chi connectivity index (χ1v) is 17.5. The molecule has 0 spiro atoms. The molecule has 0 fully saturated rings. The van der Waals surface area contributed by atoms with E-state index in [0.717, 1.165) is 82.7 Å². The van der Waals surface area contributed by atoms with Crippen molar-refractivity contribution in [1.29, 1.82) is 0 Å². The Morgan fingerprint density at radius 3 is 1.83 bits per heavy atom. The Kier molecular flexibility index (Phi) is 6.42. The molecule has 248 valence electrons. The lowest BCUT2D eigenvalue weighted by Gasteiger charge is -2.12. The van der Waals surface area contributed by atoms with Crippen molar-refractivity contribution in [2.24, 2.45) is 0 Å². The SMILES string of the molecule is c1ccc(-c2ccc(-c3nc(-c4cccc5oc6ccc(-c7nc8ccccc8o7)cc6c45)nc(-n4c5ccccc5c5ccccc54)n3)cc2)cc1. The molecule has 0 bridgehead atoms. The third kappa shape index (κ3) is 4.75. The minimum atomic E-state index is 0.534. The highest BCUT2D eigenvalue weighted by atomic mass is 16.3. The van der Waals surface area contributed by atoms with E-state index in [1.54, 1.807) is 0 Å². The van der Waals surface area contributed by atoms with Gasteiger partial charge in [-0.25, -0.2) is 9.97 Å². The molecule has 0 N–H and O–H groups in total. The number of hydrogen-bond donors (Lipinski definition) is 0. The van der Waals surface area contributed by atoms with E-state index in [0.29, 0.717) is 23.5 Å². The van der Waals surface area contributed by atoms with Gasteiger partial charge in [0.15, 0.2) is 17.2 Å². The number of hydrogen-bond acceptors (Lipinski definition) is 6. The first kappa shape index (κ1) is 29.4. The first-order valence-electron chi connectivity index (χ1n) is 17.5. The van der Waals surface area contributed by atoms with Crippen LogP contribution in [-0.2, 0) is 0 Å². The predicted molar refractivity (Wildman–Crippen MR) is 211 cm³/mol. The van der Waals surface area contributed by atoms with Crippen molar-refractivity contribution in [3.8, 4) is 51.3 Å². The quantitative estimate of drug-likeness (QED) is 0.180. The van der Waals surface area contributed by atoms with Crippen molar-refractivity contribution < 1.29 is 8.83 Å². The summed E-state index contributed by atoms with van der Waals surface area (Å²) in [5.41, 5.74) is 9.93. The summed E-state index contributed by atoms with van der Waals surface area (Å²) < 4.78 is 14.7. The highest BCUT2D eigenvalue weighted by Gasteiger charge is 2.21. The van der Waals surface area contributed by atoms with Gasteiger partial charge in [-0.3, -0.25) is 4.57 Å². The van der Waals surface area contributed by atoms with Crippen LogP contribution in [0.15, 0.2) is 173 Å². The summed E-state index contributed by atoms with van der Waals surface area (Å²) in [7, 11) is 0. The lowest BCUT2D eigenvalue weighted by Crippen LogP contribution is -2.06. The fourth-order valence-electron chi connectivity index (χ4n) is 7.44. The number of benzene rings is 7. The van der Waals surface area contributed by atoms with Crippen molar-refractivity contribution in [1.82, 2.24) is 24.5 Å². The predicted octanol–water partition coefficient (Wildman–Crippen LogP) is 11.7. The zero-order chi connectivity index (χ0) is 34.9.